The van der Waals surface area contributed by atoms with E-state index in [0.29, 0.717) is 6.54 Å². The first kappa shape index (κ1) is 19.6. The molecule has 1 amide bonds. The third kappa shape index (κ3) is 5.02. The smallest absolute Gasteiger partial charge is 0.238 e. The minimum absolute atomic E-state index is 0.0283. The Balaban J connectivity index is 1.30. The SMILES string of the molecule is Cc1cccc(N2CCN(CC(=O)Nc3cccc(-c4csc(C)n4)c3)CC2)c1. The minimum atomic E-state index is 0.0283. The van der Waals surface area contributed by atoms with Crippen LogP contribution in [-0.2, 0) is 4.79 Å². The first-order valence-electron chi connectivity index (χ1n) is 9.93. The summed E-state index contributed by atoms with van der Waals surface area (Å²) < 4.78 is 0. The van der Waals surface area contributed by atoms with Gasteiger partial charge in [0, 0.05) is 48.5 Å². The second-order valence-electron chi connectivity index (χ2n) is 7.48. The van der Waals surface area contributed by atoms with Crippen LogP contribution in [-0.4, -0.2) is 48.5 Å². The van der Waals surface area contributed by atoms with E-state index in [9.17, 15) is 4.79 Å². The molecule has 2 aromatic carbocycles. The molecule has 6 heteroatoms. The zero-order valence-electron chi connectivity index (χ0n) is 16.9. The summed E-state index contributed by atoms with van der Waals surface area (Å²) in [4.78, 5) is 21.7. The molecule has 1 aliphatic rings. The van der Waals surface area contributed by atoms with E-state index in [-0.39, 0.29) is 5.91 Å². The van der Waals surface area contributed by atoms with E-state index in [1.165, 1.54) is 11.3 Å². The Morgan fingerprint density at radius 1 is 1.07 bits per heavy atom. The van der Waals surface area contributed by atoms with Crippen LogP contribution in [0.1, 0.15) is 10.6 Å². The van der Waals surface area contributed by atoms with Crippen LogP contribution >= 0.6 is 11.3 Å². The van der Waals surface area contributed by atoms with E-state index in [0.717, 1.165) is 48.1 Å². The molecule has 0 saturated carbocycles. The average Bonchev–Trinajstić information content (AvgIpc) is 3.15. The van der Waals surface area contributed by atoms with Gasteiger partial charge in [-0.15, -0.1) is 11.3 Å². The predicted octanol–water partition coefficient (Wildman–Crippen LogP) is 4.19. The van der Waals surface area contributed by atoms with Crippen molar-refractivity contribution in [2.24, 2.45) is 0 Å². The normalized spacial score (nSPS) is 14.8. The van der Waals surface area contributed by atoms with Crippen LogP contribution < -0.4 is 10.2 Å². The van der Waals surface area contributed by atoms with Crippen molar-refractivity contribution in [1.82, 2.24) is 9.88 Å². The Morgan fingerprint density at radius 3 is 2.59 bits per heavy atom. The lowest BCUT2D eigenvalue weighted by Gasteiger charge is -2.35. The van der Waals surface area contributed by atoms with Gasteiger partial charge in [0.05, 0.1) is 17.2 Å². The maximum absolute atomic E-state index is 12.5. The Labute approximate surface area is 176 Å². The van der Waals surface area contributed by atoms with Crippen molar-refractivity contribution >= 4 is 28.6 Å². The third-order valence-corrected chi connectivity index (χ3v) is 5.94. The summed E-state index contributed by atoms with van der Waals surface area (Å²) in [6, 6.07) is 16.5. The average molecular weight is 407 g/mol. The summed E-state index contributed by atoms with van der Waals surface area (Å²) >= 11 is 1.63. The number of carbonyl (C=O) groups is 1. The van der Waals surface area contributed by atoms with Crippen LogP contribution in [0.4, 0.5) is 11.4 Å². The first-order chi connectivity index (χ1) is 14.1. The van der Waals surface area contributed by atoms with Crippen molar-refractivity contribution in [3.05, 3.63) is 64.5 Å². The van der Waals surface area contributed by atoms with Gasteiger partial charge < -0.3 is 10.2 Å². The lowest BCUT2D eigenvalue weighted by molar-refractivity contribution is -0.117. The number of aryl methyl sites for hydroxylation is 2. The van der Waals surface area contributed by atoms with Gasteiger partial charge in [-0.25, -0.2) is 4.98 Å². The quantitative estimate of drug-likeness (QED) is 0.690. The predicted molar refractivity (Wildman–Crippen MR) is 121 cm³/mol. The van der Waals surface area contributed by atoms with Gasteiger partial charge in [0.15, 0.2) is 0 Å². The molecule has 29 heavy (non-hydrogen) atoms. The number of amides is 1. The van der Waals surface area contributed by atoms with Crippen molar-refractivity contribution in [3.8, 4) is 11.3 Å². The molecule has 0 atom stereocenters. The summed E-state index contributed by atoms with van der Waals surface area (Å²) in [6.45, 7) is 8.19. The van der Waals surface area contributed by atoms with E-state index >= 15 is 0 Å². The fourth-order valence-electron chi connectivity index (χ4n) is 3.64. The monoisotopic (exact) mass is 406 g/mol. The number of thiazole rings is 1. The zero-order chi connectivity index (χ0) is 20.2. The molecule has 0 aliphatic carbocycles. The Morgan fingerprint density at radius 2 is 1.86 bits per heavy atom. The van der Waals surface area contributed by atoms with Crippen LogP contribution in [0.5, 0.6) is 0 Å². The second-order valence-corrected chi connectivity index (χ2v) is 8.55. The van der Waals surface area contributed by atoms with Gasteiger partial charge in [-0.2, -0.15) is 0 Å². The summed E-state index contributed by atoms with van der Waals surface area (Å²) in [5, 5.41) is 6.12. The molecule has 1 saturated heterocycles. The zero-order valence-corrected chi connectivity index (χ0v) is 17.7. The van der Waals surface area contributed by atoms with E-state index in [1.807, 2.05) is 36.6 Å². The highest BCUT2D eigenvalue weighted by atomic mass is 32.1. The van der Waals surface area contributed by atoms with E-state index in [1.54, 1.807) is 11.3 Å². The lowest BCUT2D eigenvalue weighted by atomic mass is 10.1. The Kier molecular flexibility index (Phi) is 5.92. The number of piperazine rings is 1. The van der Waals surface area contributed by atoms with E-state index < -0.39 is 0 Å². The van der Waals surface area contributed by atoms with Gasteiger partial charge in [-0.3, -0.25) is 9.69 Å². The van der Waals surface area contributed by atoms with Crippen LogP contribution in [0.15, 0.2) is 53.9 Å². The molecular weight excluding hydrogens is 380 g/mol. The number of hydrogen-bond donors (Lipinski definition) is 1. The van der Waals surface area contributed by atoms with Gasteiger partial charge in [0.1, 0.15) is 0 Å². The van der Waals surface area contributed by atoms with Crippen molar-refractivity contribution in [2.45, 2.75) is 13.8 Å². The number of anilines is 2. The number of carbonyl (C=O) groups excluding carboxylic acids is 1. The third-order valence-electron chi connectivity index (χ3n) is 5.17. The summed E-state index contributed by atoms with van der Waals surface area (Å²) in [5.74, 6) is 0.0283. The molecule has 2 heterocycles. The molecule has 3 aromatic rings. The summed E-state index contributed by atoms with van der Waals surface area (Å²) in [7, 11) is 0. The van der Waals surface area contributed by atoms with Gasteiger partial charge in [-0.05, 0) is 43.7 Å². The molecule has 5 nitrogen and oxygen atoms in total. The van der Waals surface area contributed by atoms with Gasteiger partial charge in [0.2, 0.25) is 5.91 Å². The topological polar surface area (TPSA) is 48.5 Å². The molecule has 1 fully saturated rings. The maximum Gasteiger partial charge on any atom is 0.238 e. The standard InChI is InChI=1S/C23H26N4OS/c1-17-5-3-8-21(13-17)27-11-9-26(10-12-27)15-23(28)25-20-7-4-6-19(14-20)22-16-29-18(2)24-22/h3-8,13-14,16H,9-12,15H2,1-2H3,(H,25,28). The number of hydrogen-bond acceptors (Lipinski definition) is 5. The van der Waals surface area contributed by atoms with E-state index in [2.05, 4.69) is 51.3 Å². The van der Waals surface area contributed by atoms with Crippen molar-refractivity contribution in [2.75, 3.05) is 42.9 Å². The highest BCUT2D eigenvalue weighted by Crippen LogP contribution is 2.24. The number of nitrogens with zero attached hydrogens (tertiary/aromatic N) is 3. The second kappa shape index (κ2) is 8.76. The molecule has 1 N–H and O–H groups in total. The Bertz CT molecular complexity index is 992. The van der Waals surface area contributed by atoms with Gasteiger partial charge in [0.25, 0.3) is 0 Å². The fourth-order valence-corrected chi connectivity index (χ4v) is 4.27. The largest absolute Gasteiger partial charge is 0.369 e. The molecular formula is C23H26N4OS. The number of benzene rings is 2. The molecule has 4 rings (SSSR count). The van der Waals surface area contributed by atoms with Crippen LogP contribution in [0.25, 0.3) is 11.3 Å². The van der Waals surface area contributed by atoms with Gasteiger partial charge >= 0.3 is 0 Å². The van der Waals surface area contributed by atoms with Crippen LogP contribution in [0, 0.1) is 13.8 Å². The number of rotatable bonds is 5. The van der Waals surface area contributed by atoms with Crippen molar-refractivity contribution in [3.63, 3.8) is 0 Å². The van der Waals surface area contributed by atoms with Gasteiger partial charge in [-0.1, -0.05) is 24.3 Å². The molecule has 0 unspecified atom stereocenters. The van der Waals surface area contributed by atoms with Crippen molar-refractivity contribution in [1.29, 1.82) is 0 Å². The highest BCUT2D eigenvalue weighted by molar-refractivity contribution is 7.09. The first-order valence-corrected chi connectivity index (χ1v) is 10.8. The van der Waals surface area contributed by atoms with Crippen LogP contribution in [0.2, 0.25) is 0 Å². The van der Waals surface area contributed by atoms with Crippen LogP contribution in [0.3, 0.4) is 0 Å². The molecule has 0 bridgehead atoms. The molecule has 0 radical (unpaired) electrons. The highest BCUT2D eigenvalue weighted by Gasteiger charge is 2.19. The Hall–Kier alpha value is -2.70. The maximum atomic E-state index is 12.5. The molecule has 1 aliphatic heterocycles. The lowest BCUT2D eigenvalue weighted by Crippen LogP contribution is -2.48. The number of aromatic nitrogens is 1. The molecule has 150 valence electrons. The summed E-state index contributed by atoms with van der Waals surface area (Å²) in [5.41, 5.74) is 5.34. The van der Waals surface area contributed by atoms with E-state index in [4.69, 9.17) is 0 Å². The number of nitrogens with one attached hydrogen (secondary N) is 1. The molecule has 0 spiro atoms. The summed E-state index contributed by atoms with van der Waals surface area (Å²) in [6.07, 6.45) is 0. The minimum Gasteiger partial charge on any atom is -0.369 e. The fraction of sp³-hybridized carbons (Fsp3) is 0.304. The van der Waals surface area contributed by atoms with Crippen molar-refractivity contribution < 1.29 is 4.79 Å². The molecule has 1 aromatic heterocycles.